The number of nitrogens with zero attached hydrogens (tertiary/aromatic N) is 1. The number of nitriles is 1. The topological polar surface area (TPSA) is 54.3 Å². The molecule has 0 saturated carbocycles. The highest BCUT2D eigenvalue weighted by molar-refractivity contribution is 5.42. The van der Waals surface area contributed by atoms with Crippen LogP contribution in [0, 0.1) is 17.2 Å². The van der Waals surface area contributed by atoms with Crippen molar-refractivity contribution in [3.05, 3.63) is 35.9 Å². The zero-order valence-corrected chi connectivity index (χ0v) is 13.9. The predicted octanol–water partition coefficient (Wildman–Crippen LogP) is 3.82. The smallest absolute Gasteiger partial charge is 0.161 e. The van der Waals surface area contributed by atoms with E-state index in [0.29, 0.717) is 13.0 Å². The second kappa shape index (κ2) is 9.91. The van der Waals surface area contributed by atoms with E-state index >= 15 is 0 Å². The molecule has 1 N–H and O–H groups in total. The lowest BCUT2D eigenvalue weighted by atomic mass is 9.94. The van der Waals surface area contributed by atoms with Crippen molar-refractivity contribution in [3.8, 4) is 17.6 Å². The first-order chi connectivity index (χ1) is 11.3. The van der Waals surface area contributed by atoms with Gasteiger partial charge in [0.1, 0.15) is 0 Å². The van der Waals surface area contributed by atoms with E-state index in [9.17, 15) is 0 Å². The Kier molecular flexibility index (Phi) is 7.48. The summed E-state index contributed by atoms with van der Waals surface area (Å²) in [4.78, 5) is 0. The van der Waals surface area contributed by atoms with Crippen LogP contribution in [-0.4, -0.2) is 20.3 Å². The zero-order valence-electron chi connectivity index (χ0n) is 13.9. The highest BCUT2D eigenvalue weighted by atomic mass is 16.5. The van der Waals surface area contributed by atoms with Crippen LogP contribution in [0.1, 0.15) is 37.7 Å². The van der Waals surface area contributed by atoms with E-state index in [4.69, 9.17) is 14.7 Å². The van der Waals surface area contributed by atoms with E-state index in [1.54, 1.807) is 7.11 Å². The standard InChI is InChI=1S/C19H26N2O2/c1-22-18-10-9-17(13-19(18)23-12-6-5-11-20)15-21-14-16-7-3-2-4-8-16/h2-3,9-10,13,16,21H,4-8,12,14-15H2,1H3. The summed E-state index contributed by atoms with van der Waals surface area (Å²) in [7, 11) is 1.64. The van der Waals surface area contributed by atoms with Crippen LogP contribution in [0.25, 0.3) is 0 Å². The molecule has 2 rings (SSSR count). The van der Waals surface area contributed by atoms with Gasteiger partial charge in [-0.05, 0) is 55.8 Å². The van der Waals surface area contributed by atoms with E-state index in [-0.39, 0.29) is 0 Å². The Morgan fingerprint density at radius 1 is 1.30 bits per heavy atom. The highest BCUT2D eigenvalue weighted by Crippen LogP contribution is 2.28. The largest absolute Gasteiger partial charge is 0.493 e. The Bertz CT molecular complexity index is 549. The van der Waals surface area contributed by atoms with E-state index in [2.05, 4.69) is 29.6 Å². The average Bonchev–Trinajstić information content (AvgIpc) is 2.60. The second-order valence-electron chi connectivity index (χ2n) is 5.88. The van der Waals surface area contributed by atoms with Crippen LogP contribution < -0.4 is 14.8 Å². The summed E-state index contributed by atoms with van der Waals surface area (Å²) in [6.45, 7) is 2.42. The molecule has 1 aromatic rings. The van der Waals surface area contributed by atoms with Crippen LogP contribution in [0.15, 0.2) is 30.4 Å². The van der Waals surface area contributed by atoms with Gasteiger partial charge in [-0.1, -0.05) is 18.2 Å². The van der Waals surface area contributed by atoms with Crippen LogP contribution in [0.5, 0.6) is 11.5 Å². The van der Waals surface area contributed by atoms with Gasteiger partial charge in [0.15, 0.2) is 11.5 Å². The van der Waals surface area contributed by atoms with Crippen molar-refractivity contribution < 1.29 is 9.47 Å². The summed E-state index contributed by atoms with van der Waals surface area (Å²) in [5, 5.41) is 12.1. The maximum absolute atomic E-state index is 8.57. The minimum absolute atomic E-state index is 0.513. The van der Waals surface area contributed by atoms with Crippen molar-refractivity contribution in [1.82, 2.24) is 5.32 Å². The van der Waals surface area contributed by atoms with E-state index in [1.807, 2.05) is 12.1 Å². The van der Waals surface area contributed by atoms with Gasteiger partial charge >= 0.3 is 0 Å². The molecule has 124 valence electrons. The molecular weight excluding hydrogens is 288 g/mol. The normalized spacial score (nSPS) is 16.8. The summed E-state index contributed by atoms with van der Waals surface area (Å²) >= 11 is 0. The first-order valence-electron chi connectivity index (χ1n) is 8.36. The van der Waals surface area contributed by atoms with Crippen molar-refractivity contribution in [1.29, 1.82) is 5.26 Å². The lowest BCUT2D eigenvalue weighted by molar-refractivity contribution is 0.290. The molecule has 4 nitrogen and oxygen atoms in total. The Hall–Kier alpha value is -1.99. The van der Waals surface area contributed by atoms with Gasteiger partial charge in [0.25, 0.3) is 0 Å². The van der Waals surface area contributed by atoms with Gasteiger partial charge in [-0.2, -0.15) is 5.26 Å². The molecule has 0 amide bonds. The number of ether oxygens (including phenoxy) is 2. The van der Waals surface area contributed by atoms with Gasteiger partial charge in [-0.15, -0.1) is 0 Å². The maximum atomic E-state index is 8.57. The molecule has 1 unspecified atom stereocenters. The molecule has 1 atom stereocenters. The minimum atomic E-state index is 0.513. The van der Waals surface area contributed by atoms with Crippen LogP contribution >= 0.6 is 0 Å². The molecule has 4 heteroatoms. The molecule has 0 bridgehead atoms. The molecule has 0 heterocycles. The molecular formula is C19H26N2O2. The number of nitrogens with one attached hydrogen (secondary N) is 1. The third kappa shape index (κ3) is 5.96. The Morgan fingerprint density at radius 3 is 2.96 bits per heavy atom. The van der Waals surface area contributed by atoms with E-state index in [1.165, 1.54) is 24.8 Å². The fourth-order valence-corrected chi connectivity index (χ4v) is 2.74. The third-order valence-electron chi connectivity index (χ3n) is 4.06. The van der Waals surface area contributed by atoms with Crippen LogP contribution in [0.3, 0.4) is 0 Å². The number of hydrogen-bond acceptors (Lipinski definition) is 4. The van der Waals surface area contributed by atoms with Gasteiger partial charge in [0, 0.05) is 13.0 Å². The first kappa shape index (κ1) is 17.4. The summed E-state index contributed by atoms with van der Waals surface area (Å²) in [5.74, 6) is 2.24. The number of rotatable bonds is 9. The number of allylic oxidation sites excluding steroid dienone is 2. The molecule has 0 aromatic heterocycles. The maximum Gasteiger partial charge on any atom is 0.161 e. The average molecular weight is 314 g/mol. The number of benzene rings is 1. The minimum Gasteiger partial charge on any atom is -0.493 e. The van der Waals surface area contributed by atoms with Gasteiger partial charge in [0.2, 0.25) is 0 Å². The van der Waals surface area contributed by atoms with Gasteiger partial charge in [-0.25, -0.2) is 0 Å². The Labute approximate surface area is 139 Å². The molecule has 23 heavy (non-hydrogen) atoms. The fourth-order valence-electron chi connectivity index (χ4n) is 2.74. The second-order valence-corrected chi connectivity index (χ2v) is 5.88. The third-order valence-corrected chi connectivity index (χ3v) is 4.06. The molecule has 1 aromatic carbocycles. The molecule has 0 saturated heterocycles. The molecule has 0 fully saturated rings. The number of unbranched alkanes of at least 4 members (excludes halogenated alkanes) is 1. The van der Waals surface area contributed by atoms with E-state index in [0.717, 1.165) is 36.9 Å². The number of methoxy groups -OCH3 is 1. The summed E-state index contributed by atoms with van der Waals surface area (Å²) in [5.41, 5.74) is 1.19. The highest BCUT2D eigenvalue weighted by Gasteiger charge is 2.10. The zero-order chi connectivity index (χ0) is 16.3. The van der Waals surface area contributed by atoms with Crippen molar-refractivity contribution in [3.63, 3.8) is 0 Å². The van der Waals surface area contributed by atoms with Crippen molar-refractivity contribution in [2.75, 3.05) is 20.3 Å². The van der Waals surface area contributed by atoms with Crippen molar-refractivity contribution in [2.24, 2.45) is 5.92 Å². The SMILES string of the molecule is COc1ccc(CNCC2CC=CCC2)cc1OCCCC#N. The Balaban J connectivity index is 1.83. The van der Waals surface area contributed by atoms with Crippen LogP contribution in [0.4, 0.5) is 0 Å². The summed E-state index contributed by atoms with van der Waals surface area (Å²) < 4.78 is 11.1. The predicted molar refractivity (Wildman–Crippen MR) is 91.5 cm³/mol. The lowest BCUT2D eigenvalue weighted by Crippen LogP contribution is -2.23. The molecule has 1 aliphatic rings. The van der Waals surface area contributed by atoms with Crippen molar-refractivity contribution in [2.45, 2.75) is 38.6 Å². The monoisotopic (exact) mass is 314 g/mol. The fraction of sp³-hybridized carbons (Fsp3) is 0.526. The van der Waals surface area contributed by atoms with Crippen LogP contribution in [0.2, 0.25) is 0 Å². The first-order valence-corrected chi connectivity index (χ1v) is 8.36. The molecule has 0 aliphatic heterocycles. The van der Waals surface area contributed by atoms with Gasteiger partial charge in [-0.3, -0.25) is 0 Å². The molecule has 1 aliphatic carbocycles. The summed E-state index contributed by atoms with van der Waals surface area (Å²) in [6.07, 6.45) is 9.47. The van der Waals surface area contributed by atoms with Crippen molar-refractivity contribution >= 4 is 0 Å². The summed E-state index contributed by atoms with van der Waals surface area (Å²) in [6, 6.07) is 8.16. The number of hydrogen-bond donors (Lipinski definition) is 1. The molecule has 0 spiro atoms. The molecule has 0 radical (unpaired) electrons. The van der Waals surface area contributed by atoms with Gasteiger partial charge in [0.05, 0.1) is 19.8 Å². The lowest BCUT2D eigenvalue weighted by Gasteiger charge is -2.18. The quantitative estimate of drug-likeness (QED) is 0.556. The van der Waals surface area contributed by atoms with E-state index < -0.39 is 0 Å². The van der Waals surface area contributed by atoms with Crippen LogP contribution in [-0.2, 0) is 6.54 Å². The Morgan fingerprint density at radius 2 is 2.22 bits per heavy atom. The van der Waals surface area contributed by atoms with Gasteiger partial charge < -0.3 is 14.8 Å².